The van der Waals surface area contributed by atoms with E-state index in [0.717, 1.165) is 25.9 Å². The molecule has 1 saturated carbocycles. The van der Waals surface area contributed by atoms with Crippen molar-refractivity contribution in [3.8, 4) is 0 Å². The Morgan fingerprint density at radius 1 is 1.38 bits per heavy atom. The van der Waals surface area contributed by atoms with Gasteiger partial charge >= 0.3 is 0 Å². The van der Waals surface area contributed by atoms with Gasteiger partial charge in [0.1, 0.15) is 0 Å². The number of nitrogens with one attached hydrogen (secondary N) is 1. The molecular weight excluding hydrogens is 204 g/mol. The van der Waals surface area contributed by atoms with Crippen LogP contribution in [0.25, 0.3) is 0 Å². The zero-order valence-electron chi connectivity index (χ0n) is 9.98. The molecule has 0 aromatic heterocycles. The summed E-state index contributed by atoms with van der Waals surface area (Å²) in [7, 11) is 1.86. The molecule has 1 heterocycles. The van der Waals surface area contributed by atoms with Gasteiger partial charge in [0.05, 0.1) is 6.04 Å². The normalized spacial score (nSPS) is 35.0. The molecule has 2 fully saturated rings. The van der Waals surface area contributed by atoms with Gasteiger partial charge in [-0.2, -0.15) is 0 Å². The lowest BCUT2D eigenvalue weighted by Crippen LogP contribution is -2.40. The zero-order chi connectivity index (χ0) is 11.5. The molecule has 4 nitrogen and oxygen atoms in total. The number of nitrogens with zero attached hydrogens (tertiary/aromatic N) is 1. The fourth-order valence-corrected chi connectivity index (χ4v) is 2.93. The number of carbonyl (C=O) groups excluding carboxylic acids is 1. The summed E-state index contributed by atoms with van der Waals surface area (Å²) in [6.45, 7) is 2.05. The largest absolute Gasteiger partial charge is 0.396 e. The fourth-order valence-electron chi connectivity index (χ4n) is 2.93. The van der Waals surface area contributed by atoms with Crippen LogP contribution in [-0.2, 0) is 4.79 Å². The van der Waals surface area contributed by atoms with Crippen LogP contribution >= 0.6 is 0 Å². The number of carbonyl (C=O) groups is 1. The van der Waals surface area contributed by atoms with Gasteiger partial charge in [0, 0.05) is 20.2 Å². The number of aliphatic hydroxyl groups is 1. The van der Waals surface area contributed by atoms with Crippen LogP contribution in [0.5, 0.6) is 0 Å². The Hall–Kier alpha value is -0.610. The third-order valence-corrected chi connectivity index (χ3v) is 4.10. The Kier molecular flexibility index (Phi) is 3.82. The van der Waals surface area contributed by atoms with Crippen molar-refractivity contribution in [3.63, 3.8) is 0 Å². The number of hydrogen-bond acceptors (Lipinski definition) is 3. The van der Waals surface area contributed by atoms with Crippen molar-refractivity contribution in [2.24, 2.45) is 11.8 Å². The molecule has 16 heavy (non-hydrogen) atoms. The van der Waals surface area contributed by atoms with E-state index in [1.165, 1.54) is 12.8 Å². The Morgan fingerprint density at radius 2 is 2.12 bits per heavy atom. The molecule has 0 radical (unpaired) electrons. The van der Waals surface area contributed by atoms with E-state index in [0.29, 0.717) is 18.4 Å². The van der Waals surface area contributed by atoms with Gasteiger partial charge < -0.3 is 15.3 Å². The van der Waals surface area contributed by atoms with E-state index < -0.39 is 0 Å². The van der Waals surface area contributed by atoms with Gasteiger partial charge in [-0.25, -0.2) is 0 Å². The molecule has 4 heteroatoms. The predicted octanol–water partition coefficient (Wildman–Crippen LogP) is 0.215. The summed E-state index contributed by atoms with van der Waals surface area (Å²) in [6, 6.07) is 0.0185. The second-order valence-corrected chi connectivity index (χ2v) is 5.14. The van der Waals surface area contributed by atoms with Crippen LogP contribution in [0.4, 0.5) is 0 Å². The van der Waals surface area contributed by atoms with E-state index in [1.54, 1.807) is 4.90 Å². The molecule has 0 spiro atoms. The van der Waals surface area contributed by atoms with Gasteiger partial charge in [-0.15, -0.1) is 0 Å². The molecule has 0 bridgehead atoms. The minimum atomic E-state index is 0.0185. The fraction of sp³-hybridized carbons (Fsp3) is 0.917. The van der Waals surface area contributed by atoms with E-state index in [1.807, 2.05) is 7.05 Å². The maximum absolute atomic E-state index is 11.7. The van der Waals surface area contributed by atoms with Crippen molar-refractivity contribution in [1.29, 1.82) is 0 Å². The second-order valence-electron chi connectivity index (χ2n) is 5.14. The maximum atomic E-state index is 11.7. The highest BCUT2D eigenvalue weighted by Gasteiger charge is 2.31. The highest BCUT2D eigenvalue weighted by Crippen LogP contribution is 2.30. The predicted molar refractivity (Wildman–Crippen MR) is 62.0 cm³/mol. The van der Waals surface area contributed by atoms with Crippen molar-refractivity contribution >= 4 is 5.91 Å². The Morgan fingerprint density at radius 3 is 2.75 bits per heavy atom. The molecule has 92 valence electrons. The average Bonchev–Trinajstić information content (AvgIpc) is 2.86. The smallest absolute Gasteiger partial charge is 0.239 e. The molecule has 1 saturated heterocycles. The van der Waals surface area contributed by atoms with Gasteiger partial charge in [-0.3, -0.25) is 4.79 Å². The van der Waals surface area contributed by atoms with E-state index >= 15 is 0 Å². The Labute approximate surface area is 97.0 Å². The molecule has 1 aliphatic carbocycles. The number of rotatable bonds is 4. The summed E-state index contributed by atoms with van der Waals surface area (Å²) >= 11 is 0. The number of aliphatic hydroxyl groups excluding tert-OH is 1. The number of likely N-dealkylation sites (tertiary alicyclic amines) is 1. The van der Waals surface area contributed by atoms with Crippen LogP contribution in [0.15, 0.2) is 0 Å². The lowest BCUT2D eigenvalue weighted by atomic mass is 9.96. The number of likely N-dealkylation sites (N-methyl/N-ethyl adjacent to an activating group) is 1. The Balaban J connectivity index is 1.77. The van der Waals surface area contributed by atoms with Gasteiger partial charge in [-0.05, 0) is 37.6 Å². The van der Waals surface area contributed by atoms with Crippen LogP contribution in [0, 0.1) is 11.8 Å². The van der Waals surface area contributed by atoms with E-state index in [9.17, 15) is 9.90 Å². The van der Waals surface area contributed by atoms with Gasteiger partial charge in [0.15, 0.2) is 0 Å². The van der Waals surface area contributed by atoms with Crippen LogP contribution in [0.1, 0.15) is 25.7 Å². The zero-order valence-corrected chi connectivity index (χ0v) is 9.98. The summed E-state index contributed by atoms with van der Waals surface area (Å²) in [5.41, 5.74) is 0. The van der Waals surface area contributed by atoms with Crippen molar-refractivity contribution in [2.75, 3.05) is 26.7 Å². The van der Waals surface area contributed by atoms with Crippen molar-refractivity contribution in [3.05, 3.63) is 0 Å². The first-order valence-corrected chi connectivity index (χ1v) is 6.31. The van der Waals surface area contributed by atoms with Crippen molar-refractivity contribution in [1.82, 2.24) is 10.2 Å². The second kappa shape index (κ2) is 5.15. The first-order valence-electron chi connectivity index (χ1n) is 6.31. The van der Waals surface area contributed by atoms with E-state index in [-0.39, 0.29) is 11.9 Å². The van der Waals surface area contributed by atoms with Crippen LogP contribution in [0.2, 0.25) is 0 Å². The summed E-state index contributed by atoms with van der Waals surface area (Å²) in [4.78, 5) is 13.5. The molecule has 1 aliphatic heterocycles. The van der Waals surface area contributed by atoms with Gasteiger partial charge in [0.25, 0.3) is 0 Å². The molecule has 2 rings (SSSR count). The molecule has 2 N–H and O–H groups in total. The topological polar surface area (TPSA) is 52.6 Å². The third-order valence-electron chi connectivity index (χ3n) is 4.10. The molecular formula is C12H22N2O2. The van der Waals surface area contributed by atoms with Crippen molar-refractivity contribution < 1.29 is 9.90 Å². The lowest BCUT2D eigenvalue weighted by molar-refractivity contribution is -0.128. The highest BCUT2D eigenvalue weighted by molar-refractivity contribution is 5.83. The molecule has 0 aromatic carbocycles. The van der Waals surface area contributed by atoms with Gasteiger partial charge in [0.2, 0.25) is 5.91 Å². The van der Waals surface area contributed by atoms with Gasteiger partial charge in [-0.1, -0.05) is 6.42 Å². The van der Waals surface area contributed by atoms with E-state index in [4.69, 9.17) is 0 Å². The molecule has 1 amide bonds. The van der Waals surface area contributed by atoms with Crippen molar-refractivity contribution in [2.45, 2.75) is 31.7 Å². The SMILES string of the molecule is CN1CCC(NCC2CCCC2CO)C1=O. The molecule has 3 atom stereocenters. The van der Waals surface area contributed by atoms with Crippen LogP contribution < -0.4 is 5.32 Å². The maximum Gasteiger partial charge on any atom is 0.239 e. The number of hydrogen-bond donors (Lipinski definition) is 2. The summed E-state index contributed by atoms with van der Waals surface area (Å²) in [5, 5.41) is 12.6. The minimum absolute atomic E-state index is 0.0185. The summed E-state index contributed by atoms with van der Waals surface area (Å²) < 4.78 is 0. The number of amides is 1. The first-order chi connectivity index (χ1) is 7.72. The molecule has 3 unspecified atom stereocenters. The monoisotopic (exact) mass is 226 g/mol. The third kappa shape index (κ3) is 2.38. The first kappa shape index (κ1) is 11.9. The average molecular weight is 226 g/mol. The summed E-state index contributed by atoms with van der Waals surface area (Å²) in [5.74, 6) is 1.23. The minimum Gasteiger partial charge on any atom is -0.396 e. The van der Waals surface area contributed by atoms with E-state index in [2.05, 4.69) is 5.32 Å². The highest BCUT2D eigenvalue weighted by atomic mass is 16.3. The Bertz CT molecular complexity index is 257. The standard InChI is InChI=1S/C12H22N2O2/c1-14-6-5-11(12(14)16)13-7-9-3-2-4-10(9)8-15/h9-11,13,15H,2-8H2,1H3. The molecule has 0 aromatic rings. The van der Waals surface area contributed by atoms with Crippen LogP contribution in [-0.4, -0.2) is 48.7 Å². The summed E-state index contributed by atoms with van der Waals surface area (Å²) in [6.07, 6.45) is 4.47. The quantitative estimate of drug-likeness (QED) is 0.721. The van der Waals surface area contributed by atoms with Crippen LogP contribution in [0.3, 0.4) is 0 Å². The molecule has 2 aliphatic rings. The lowest BCUT2D eigenvalue weighted by Gasteiger charge is -2.20.